The molecule has 1 N–H and O–H groups in total. The zero-order valence-corrected chi connectivity index (χ0v) is 9.80. The predicted octanol–water partition coefficient (Wildman–Crippen LogP) is 0.840. The fourth-order valence-electron chi connectivity index (χ4n) is 1.96. The van der Waals surface area contributed by atoms with Gasteiger partial charge in [-0.2, -0.15) is 0 Å². The van der Waals surface area contributed by atoms with Crippen LogP contribution in [0.2, 0.25) is 0 Å². The molecule has 0 radical (unpaired) electrons. The lowest BCUT2D eigenvalue weighted by Gasteiger charge is -2.34. The first-order chi connectivity index (χ1) is 8.00. The van der Waals surface area contributed by atoms with E-state index >= 15 is 0 Å². The second kappa shape index (κ2) is 4.08. The molecule has 90 valence electrons. The SMILES string of the molecule is CN1CCN(C)c2cc(C(=O)C(=O)O)ccc21. The summed E-state index contributed by atoms with van der Waals surface area (Å²) in [6, 6.07) is 4.99. The molecule has 0 unspecified atom stereocenters. The Morgan fingerprint density at radius 1 is 1.12 bits per heavy atom. The van der Waals surface area contributed by atoms with Crippen LogP contribution in [-0.2, 0) is 4.79 Å². The molecular weight excluding hydrogens is 220 g/mol. The maximum atomic E-state index is 11.4. The minimum Gasteiger partial charge on any atom is -0.475 e. The third-order valence-electron chi connectivity index (χ3n) is 3.03. The Kier molecular flexibility index (Phi) is 2.75. The van der Waals surface area contributed by atoms with Crippen molar-refractivity contribution in [2.24, 2.45) is 0 Å². The monoisotopic (exact) mass is 234 g/mol. The van der Waals surface area contributed by atoms with Gasteiger partial charge in [0, 0.05) is 32.7 Å². The molecule has 2 rings (SSSR count). The van der Waals surface area contributed by atoms with E-state index in [4.69, 9.17) is 5.11 Å². The number of nitrogens with zero attached hydrogens (tertiary/aromatic N) is 2. The van der Waals surface area contributed by atoms with Gasteiger partial charge in [0.2, 0.25) is 0 Å². The highest BCUT2D eigenvalue weighted by atomic mass is 16.4. The van der Waals surface area contributed by atoms with E-state index in [1.165, 1.54) is 0 Å². The maximum absolute atomic E-state index is 11.4. The van der Waals surface area contributed by atoms with Crippen LogP contribution >= 0.6 is 0 Å². The molecule has 0 fully saturated rings. The first-order valence-electron chi connectivity index (χ1n) is 5.34. The number of anilines is 2. The molecule has 17 heavy (non-hydrogen) atoms. The van der Waals surface area contributed by atoms with Gasteiger partial charge in [0.15, 0.2) is 0 Å². The lowest BCUT2D eigenvalue weighted by atomic mass is 10.1. The number of likely N-dealkylation sites (N-methyl/N-ethyl adjacent to an activating group) is 2. The summed E-state index contributed by atoms with van der Waals surface area (Å²) in [5.74, 6) is -2.29. The van der Waals surface area contributed by atoms with Gasteiger partial charge in [0.1, 0.15) is 0 Å². The summed E-state index contributed by atoms with van der Waals surface area (Å²) in [5, 5.41) is 8.68. The third kappa shape index (κ3) is 1.95. The lowest BCUT2D eigenvalue weighted by Crippen LogP contribution is -2.36. The molecule has 1 aromatic carbocycles. The van der Waals surface area contributed by atoms with Gasteiger partial charge in [-0.15, -0.1) is 0 Å². The van der Waals surface area contributed by atoms with Crippen LogP contribution in [0.4, 0.5) is 11.4 Å². The maximum Gasteiger partial charge on any atom is 0.377 e. The first-order valence-corrected chi connectivity index (χ1v) is 5.34. The molecule has 1 aromatic rings. The largest absolute Gasteiger partial charge is 0.475 e. The van der Waals surface area contributed by atoms with Gasteiger partial charge in [0.05, 0.1) is 11.4 Å². The van der Waals surface area contributed by atoms with Gasteiger partial charge in [-0.25, -0.2) is 4.79 Å². The molecule has 1 aliphatic rings. The van der Waals surface area contributed by atoms with Crippen LogP contribution in [0.1, 0.15) is 10.4 Å². The van der Waals surface area contributed by atoms with E-state index < -0.39 is 11.8 Å². The molecule has 1 heterocycles. The zero-order valence-electron chi connectivity index (χ0n) is 9.80. The summed E-state index contributed by atoms with van der Waals surface area (Å²) in [6.07, 6.45) is 0. The third-order valence-corrected chi connectivity index (χ3v) is 3.03. The zero-order chi connectivity index (χ0) is 12.6. The second-order valence-electron chi connectivity index (χ2n) is 4.18. The summed E-state index contributed by atoms with van der Waals surface area (Å²) < 4.78 is 0. The second-order valence-corrected chi connectivity index (χ2v) is 4.18. The van der Waals surface area contributed by atoms with Crippen LogP contribution in [0.25, 0.3) is 0 Å². The lowest BCUT2D eigenvalue weighted by molar-refractivity contribution is -0.131. The summed E-state index contributed by atoms with van der Waals surface area (Å²) in [6.45, 7) is 1.77. The van der Waals surface area contributed by atoms with E-state index in [1.807, 2.05) is 19.0 Å². The Morgan fingerprint density at radius 2 is 1.71 bits per heavy atom. The van der Waals surface area contributed by atoms with Crippen molar-refractivity contribution < 1.29 is 14.7 Å². The number of carbonyl (C=O) groups excluding carboxylic acids is 1. The molecule has 5 heteroatoms. The van der Waals surface area contributed by atoms with Gasteiger partial charge in [-0.05, 0) is 18.2 Å². The van der Waals surface area contributed by atoms with E-state index in [1.54, 1.807) is 18.2 Å². The molecule has 0 spiro atoms. The minimum atomic E-state index is -1.42. The van der Waals surface area contributed by atoms with Crippen molar-refractivity contribution in [1.82, 2.24) is 0 Å². The quantitative estimate of drug-likeness (QED) is 0.607. The van der Waals surface area contributed by atoms with E-state index in [-0.39, 0.29) is 5.56 Å². The van der Waals surface area contributed by atoms with E-state index in [0.29, 0.717) is 0 Å². The summed E-state index contributed by atoms with van der Waals surface area (Å²) in [4.78, 5) is 26.1. The van der Waals surface area contributed by atoms with Crippen LogP contribution in [0, 0.1) is 0 Å². The highest BCUT2D eigenvalue weighted by Crippen LogP contribution is 2.32. The fraction of sp³-hybridized carbons (Fsp3) is 0.333. The van der Waals surface area contributed by atoms with Crippen molar-refractivity contribution in [3.63, 3.8) is 0 Å². The first kappa shape index (κ1) is 11.4. The normalized spacial score (nSPS) is 14.5. The molecule has 0 aromatic heterocycles. The number of carboxylic acids is 1. The number of Topliss-reactive ketones (excluding diaryl/α,β-unsaturated/α-hetero) is 1. The Morgan fingerprint density at radius 3 is 2.29 bits per heavy atom. The van der Waals surface area contributed by atoms with Crippen molar-refractivity contribution in [3.05, 3.63) is 23.8 Å². The molecule has 0 aliphatic carbocycles. The Hall–Kier alpha value is -2.04. The number of ketones is 1. The van der Waals surface area contributed by atoms with Gasteiger partial charge in [0.25, 0.3) is 5.78 Å². The molecule has 0 saturated carbocycles. The van der Waals surface area contributed by atoms with Gasteiger partial charge >= 0.3 is 5.97 Å². The molecule has 5 nitrogen and oxygen atoms in total. The number of benzene rings is 1. The summed E-state index contributed by atoms with van der Waals surface area (Å²) >= 11 is 0. The van der Waals surface area contributed by atoms with Crippen molar-refractivity contribution >= 4 is 23.1 Å². The van der Waals surface area contributed by atoms with E-state index in [9.17, 15) is 9.59 Å². The molecule has 0 amide bonds. The molecule has 0 saturated heterocycles. The Balaban J connectivity index is 2.45. The number of hydrogen-bond acceptors (Lipinski definition) is 4. The predicted molar refractivity (Wildman–Crippen MR) is 64.9 cm³/mol. The van der Waals surface area contributed by atoms with Gasteiger partial charge in [-0.1, -0.05) is 0 Å². The number of carboxylic acid groups (broad SMARTS) is 1. The number of carbonyl (C=O) groups is 2. The molecule has 1 aliphatic heterocycles. The summed E-state index contributed by atoms with van der Waals surface area (Å²) in [5.41, 5.74) is 2.13. The van der Waals surface area contributed by atoms with E-state index in [0.717, 1.165) is 24.5 Å². The molecule has 0 atom stereocenters. The summed E-state index contributed by atoms with van der Waals surface area (Å²) in [7, 11) is 3.91. The molecule has 0 bridgehead atoms. The van der Waals surface area contributed by atoms with Crippen LogP contribution in [0.3, 0.4) is 0 Å². The number of rotatable bonds is 2. The topological polar surface area (TPSA) is 60.9 Å². The fourth-order valence-corrected chi connectivity index (χ4v) is 1.96. The van der Waals surface area contributed by atoms with Gasteiger partial charge < -0.3 is 14.9 Å². The van der Waals surface area contributed by atoms with Crippen molar-refractivity contribution in [1.29, 1.82) is 0 Å². The van der Waals surface area contributed by atoms with Crippen LogP contribution in [-0.4, -0.2) is 44.0 Å². The standard InChI is InChI=1S/C12H14N2O3/c1-13-5-6-14(2)10-7-8(3-4-9(10)13)11(15)12(16)17/h3-4,7H,5-6H2,1-2H3,(H,16,17). The highest BCUT2D eigenvalue weighted by molar-refractivity contribution is 6.40. The molecular formula is C12H14N2O3. The van der Waals surface area contributed by atoms with Crippen LogP contribution in [0.5, 0.6) is 0 Å². The van der Waals surface area contributed by atoms with Crippen molar-refractivity contribution in [3.8, 4) is 0 Å². The van der Waals surface area contributed by atoms with Crippen LogP contribution < -0.4 is 9.80 Å². The minimum absolute atomic E-state index is 0.221. The number of aliphatic carboxylic acids is 1. The van der Waals surface area contributed by atoms with Crippen molar-refractivity contribution in [2.45, 2.75) is 0 Å². The highest BCUT2D eigenvalue weighted by Gasteiger charge is 2.21. The average molecular weight is 234 g/mol. The van der Waals surface area contributed by atoms with Gasteiger partial charge in [-0.3, -0.25) is 4.79 Å². The average Bonchev–Trinajstić information content (AvgIpc) is 2.32. The number of hydrogen-bond donors (Lipinski definition) is 1. The van der Waals surface area contributed by atoms with Crippen molar-refractivity contribution in [2.75, 3.05) is 37.0 Å². The Labute approximate surface area is 99.3 Å². The number of fused-ring (bicyclic) bond motifs is 1. The Bertz CT molecular complexity index is 485. The smallest absolute Gasteiger partial charge is 0.377 e. The van der Waals surface area contributed by atoms with Crippen LogP contribution in [0.15, 0.2) is 18.2 Å². The van der Waals surface area contributed by atoms with E-state index in [2.05, 4.69) is 4.90 Å².